The summed E-state index contributed by atoms with van der Waals surface area (Å²) >= 11 is 2.88. The third-order valence-corrected chi connectivity index (χ3v) is 6.46. The van der Waals surface area contributed by atoms with Gasteiger partial charge in [-0.1, -0.05) is 48.2 Å². The number of carbonyl (C=O) groups is 1. The van der Waals surface area contributed by atoms with E-state index in [0.717, 1.165) is 27.6 Å². The second kappa shape index (κ2) is 10.3. The normalized spacial score (nSPS) is 11.4. The number of ether oxygens (including phenoxy) is 1. The van der Waals surface area contributed by atoms with E-state index >= 15 is 0 Å². The van der Waals surface area contributed by atoms with Crippen LogP contribution in [0.15, 0.2) is 82.4 Å². The zero-order valence-corrected chi connectivity index (χ0v) is 19.2. The first-order valence-electron chi connectivity index (χ1n) is 9.81. The number of thiophene rings is 1. The number of hydrazone groups is 1. The van der Waals surface area contributed by atoms with E-state index in [4.69, 9.17) is 4.74 Å². The second-order valence-electron chi connectivity index (χ2n) is 6.70. The molecule has 0 saturated heterocycles. The van der Waals surface area contributed by atoms with Gasteiger partial charge >= 0.3 is 0 Å². The molecule has 0 fully saturated rings. The highest BCUT2D eigenvalue weighted by atomic mass is 32.2. The van der Waals surface area contributed by atoms with E-state index in [0.29, 0.717) is 11.0 Å². The number of nitrogens with one attached hydrogen (secondary N) is 1. The molecule has 2 aromatic heterocycles. The number of hydrogen-bond donors (Lipinski definition) is 1. The SMILES string of the molecule is COc1ccc(-n2c(SCC(=O)N/N=C(/C)c3cccs3)nnc2-c2ccccc2)cc1. The van der Waals surface area contributed by atoms with Gasteiger partial charge in [-0.05, 0) is 42.6 Å². The minimum atomic E-state index is -0.212. The van der Waals surface area contributed by atoms with E-state index < -0.39 is 0 Å². The van der Waals surface area contributed by atoms with E-state index in [1.807, 2.05) is 83.6 Å². The molecule has 0 saturated carbocycles. The number of amides is 1. The van der Waals surface area contributed by atoms with Crippen molar-refractivity contribution in [3.63, 3.8) is 0 Å². The van der Waals surface area contributed by atoms with Crippen molar-refractivity contribution in [2.75, 3.05) is 12.9 Å². The Morgan fingerprint density at radius 3 is 2.56 bits per heavy atom. The number of nitrogens with zero attached hydrogens (tertiary/aromatic N) is 4. The largest absolute Gasteiger partial charge is 0.497 e. The van der Waals surface area contributed by atoms with Crippen molar-refractivity contribution in [2.45, 2.75) is 12.1 Å². The fraction of sp³-hybridized carbons (Fsp3) is 0.130. The summed E-state index contributed by atoms with van der Waals surface area (Å²) in [6, 6.07) is 21.4. The van der Waals surface area contributed by atoms with Crippen molar-refractivity contribution in [3.05, 3.63) is 77.0 Å². The Kier molecular flexibility index (Phi) is 6.98. The van der Waals surface area contributed by atoms with Crippen molar-refractivity contribution in [1.82, 2.24) is 20.2 Å². The highest BCUT2D eigenvalue weighted by molar-refractivity contribution is 7.99. The fourth-order valence-corrected chi connectivity index (χ4v) is 4.37. The smallest absolute Gasteiger partial charge is 0.250 e. The quantitative estimate of drug-likeness (QED) is 0.234. The van der Waals surface area contributed by atoms with Crippen LogP contribution in [-0.4, -0.2) is 39.2 Å². The van der Waals surface area contributed by atoms with Crippen LogP contribution in [0.2, 0.25) is 0 Å². The Labute approximate surface area is 194 Å². The third kappa shape index (κ3) is 5.06. The minimum Gasteiger partial charge on any atom is -0.497 e. The molecule has 2 heterocycles. The molecule has 0 spiro atoms. The minimum absolute atomic E-state index is 0.157. The molecule has 162 valence electrons. The second-order valence-corrected chi connectivity index (χ2v) is 8.59. The standard InChI is InChI=1S/C23H21N5O2S2/c1-16(20-9-6-14-31-20)24-25-21(29)15-32-23-27-26-22(17-7-4-3-5-8-17)28(23)18-10-12-19(30-2)13-11-18/h3-14H,15H2,1-2H3,(H,25,29)/b24-16-. The van der Waals surface area contributed by atoms with Crippen molar-refractivity contribution < 1.29 is 9.53 Å². The first-order valence-corrected chi connectivity index (χ1v) is 11.7. The lowest BCUT2D eigenvalue weighted by molar-refractivity contribution is -0.118. The molecule has 7 nitrogen and oxygen atoms in total. The van der Waals surface area contributed by atoms with Crippen LogP contribution >= 0.6 is 23.1 Å². The maximum Gasteiger partial charge on any atom is 0.250 e. The number of carbonyl (C=O) groups excluding carboxylic acids is 1. The zero-order valence-electron chi connectivity index (χ0n) is 17.6. The van der Waals surface area contributed by atoms with Gasteiger partial charge in [0, 0.05) is 16.1 Å². The first kappa shape index (κ1) is 21.8. The predicted molar refractivity (Wildman–Crippen MR) is 129 cm³/mol. The van der Waals surface area contributed by atoms with E-state index in [1.54, 1.807) is 18.4 Å². The van der Waals surface area contributed by atoms with E-state index in [1.165, 1.54) is 11.8 Å². The molecule has 9 heteroatoms. The van der Waals surface area contributed by atoms with Crippen LogP contribution in [0.3, 0.4) is 0 Å². The molecule has 4 rings (SSSR count). The Morgan fingerprint density at radius 2 is 1.88 bits per heavy atom. The molecule has 4 aromatic rings. The summed E-state index contributed by atoms with van der Waals surface area (Å²) in [5, 5.41) is 15.5. The van der Waals surface area contributed by atoms with Gasteiger partial charge in [0.15, 0.2) is 11.0 Å². The monoisotopic (exact) mass is 463 g/mol. The lowest BCUT2D eigenvalue weighted by Gasteiger charge is -2.11. The van der Waals surface area contributed by atoms with Crippen LogP contribution < -0.4 is 10.2 Å². The predicted octanol–water partition coefficient (Wildman–Crippen LogP) is 4.64. The zero-order chi connectivity index (χ0) is 22.3. The lowest BCUT2D eigenvalue weighted by atomic mass is 10.2. The topological polar surface area (TPSA) is 81.4 Å². The molecule has 2 aromatic carbocycles. The average molecular weight is 464 g/mol. The Bertz CT molecular complexity index is 1200. The van der Waals surface area contributed by atoms with Crippen LogP contribution in [0.1, 0.15) is 11.8 Å². The van der Waals surface area contributed by atoms with Crippen molar-refractivity contribution >= 4 is 34.7 Å². The lowest BCUT2D eigenvalue weighted by Crippen LogP contribution is -2.21. The van der Waals surface area contributed by atoms with Crippen LogP contribution in [0.5, 0.6) is 5.75 Å². The molecule has 0 unspecified atom stereocenters. The van der Waals surface area contributed by atoms with Crippen molar-refractivity contribution in [2.24, 2.45) is 5.10 Å². The summed E-state index contributed by atoms with van der Waals surface area (Å²) in [4.78, 5) is 13.4. The number of hydrogen-bond acceptors (Lipinski definition) is 7. The van der Waals surface area contributed by atoms with Gasteiger partial charge in [0.25, 0.3) is 5.91 Å². The Morgan fingerprint density at radius 1 is 1.09 bits per heavy atom. The van der Waals surface area contributed by atoms with E-state index in [9.17, 15) is 4.79 Å². The van der Waals surface area contributed by atoms with E-state index in [-0.39, 0.29) is 11.7 Å². The molecule has 0 radical (unpaired) electrons. The summed E-state index contributed by atoms with van der Waals surface area (Å²) in [6.45, 7) is 1.87. The summed E-state index contributed by atoms with van der Waals surface area (Å²) in [5.41, 5.74) is 5.20. The summed E-state index contributed by atoms with van der Waals surface area (Å²) < 4.78 is 7.21. The number of methoxy groups -OCH3 is 1. The molecule has 0 bridgehead atoms. The van der Waals surface area contributed by atoms with Crippen molar-refractivity contribution in [1.29, 1.82) is 0 Å². The summed E-state index contributed by atoms with van der Waals surface area (Å²) in [6.07, 6.45) is 0. The molecule has 32 heavy (non-hydrogen) atoms. The Balaban J connectivity index is 1.55. The van der Waals surface area contributed by atoms with Crippen LogP contribution in [-0.2, 0) is 4.79 Å². The van der Waals surface area contributed by atoms with Gasteiger partial charge in [-0.25, -0.2) is 5.43 Å². The molecule has 0 aliphatic rings. The highest BCUT2D eigenvalue weighted by Gasteiger charge is 2.17. The number of thioether (sulfide) groups is 1. The Hall–Kier alpha value is -3.43. The van der Waals surface area contributed by atoms with E-state index in [2.05, 4.69) is 20.7 Å². The van der Waals surface area contributed by atoms with Gasteiger partial charge in [0.2, 0.25) is 0 Å². The highest BCUT2D eigenvalue weighted by Crippen LogP contribution is 2.28. The maximum atomic E-state index is 12.4. The van der Waals surface area contributed by atoms with Crippen LogP contribution in [0.4, 0.5) is 0 Å². The molecule has 0 aliphatic heterocycles. The van der Waals surface area contributed by atoms with Crippen LogP contribution in [0.25, 0.3) is 17.1 Å². The number of rotatable bonds is 8. The molecule has 1 amide bonds. The molecule has 0 atom stereocenters. The number of benzene rings is 2. The van der Waals surface area contributed by atoms with Gasteiger partial charge < -0.3 is 4.74 Å². The molecular formula is C23H21N5O2S2. The van der Waals surface area contributed by atoms with Gasteiger partial charge in [0.1, 0.15) is 5.75 Å². The molecular weight excluding hydrogens is 442 g/mol. The summed E-state index contributed by atoms with van der Waals surface area (Å²) in [5.74, 6) is 1.40. The van der Waals surface area contributed by atoms with Gasteiger partial charge in [-0.15, -0.1) is 21.5 Å². The molecule has 0 aliphatic carbocycles. The van der Waals surface area contributed by atoms with Gasteiger partial charge in [-0.3, -0.25) is 9.36 Å². The first-order chi connectivity index (χ1) is 15.7. The average Bonchev–Trinajstić information content (AvgIpc) is 3.52. The molecule has 1 N–H and O–H groups in total. The van der Waals surface area contributed by atoms with Gasteiger partial charge in [0.05, 0.1) is 18.6 Å². The summed E-state index contributed by atoms with van der Waals surface area (Å²) in [7, 11) is 1.63. The van der Waals surface area contributed by atoms with Gasteiger partial charge in [-0.2, -0.15) is 5.10 Å². The fourth-order valence-electron chi connectivity index (χ4n) is 2.95. The maximum absolute atomic E-state index is 12.4. The number of aromatic nitrogens is 3. The van der Waals surface area contributed by atoms with Crippen LogP contribution in [0, 0.1) is 0 Å². The third-order valence-electron chi connectivity index (χ3n) is 4.55. The van der Waals surface area contributed by atoms with Crippen molar-refractivity contribution in [3.8, 4) is 22.8 Å².